The van der Waals surface area contributed by atoms with Crippen molar-refractivity contribution in [3.8, 4) is 0 Å². The Morgan fingerprint density at radius 1 is 1.47 bits per heavy atom. The molecule has 0 aromatic carbocycles. The summed E-state index contributed by atoms with van der Waals surface area (Å²) in [6.45, 7) is 3.74. The molecule has 0 bridgehead atoms. The molecule has 4 heteroatoms. The molecule has 2 rings (SSSR count). The molecule has 2 atom stereocenters. The van der Waals surface area contributed by atoms with Gasteiger partial charge in [-0.2, -0.15) is 0 Å². The Hall–Kier alpha value is -1.13. The van der Waals surface area contributed by atoms with Crippen molar-refractivity contribution in [2.24, 2.45) is 7.05 Å². The molecule has 2 heterocycles. The van der Waals surface area contributed by atoms with E-state index in [9.17, 15) is 4.79 Å². The van der Waals surface area contributed by atoms with Crippen molar-refractivity contribution >= 4 is 0 Å². The molecule has 1 aliphatic heterocycles. The standard InChI is InChI=1S/C11H16N2O2/c1-8-5-12-6-10(15-8)9-3-4-11(14)13(2)7-9/h3-4,7-8,10,12H,5-6H2,1-2H3/t8-,10-/m1/s1. The Morgan fingerprint density at radius 2 is 2.27 bits per heavy atom. The zero-order valence-corrected chi connectivity index (χ0v) is 9.06. The van der Waals surface area contributed by atoms with Crippen LogP contribution in [-0.4, -0.2) is 23.8 Å². The number of morpholine rings is 1. The Balaban J connectivity index is 2.21. The predicted molar refractivity (Wildman–Crippen MR) is 57.8 cm³/mol. The molecule has 0 radical (unpaired) electrons. The third-order valence-electron chi connectivity index (χ3n) is 2.64. The first kappa shape index (κ1) is 10.4. The van der Waals surface area contributed by atoms with Gasteiger partial charge in [-0.05, 0) is 18.6 Å². The molecule has 0 unspecified atom stereocenters. The Labute approximate surface area is 88.9 Å². The van der Waals surface area contributed by atoms with Crippen molar-refractivity contribution in [3.63, 3.8) is 0 Å². The van der Waals surface area contributed by atoms with Crippen LogP contribution in [0.15, 0.2) is 23.1 Å². The van der Waals surface area contributed by atoms with Gasteiger partial charge >= 0.3 is 0 Å². The van der Waals surface area contributed by atoms with Crippen LogP contribution >= 0.6 is 0 Å². The summed E-state index contributed by atoms with van der Waals surface area (Å²) in [5.74, 6) is 0. The minimum atomic E-state index is 0.00978. The van der Waals surface area contributed by atoms with Crippen LogP contribution in [0.4, 0.5) is 0 Å². The molecule has 1 saturated heterocycles. The number of hydrogen-bond donors (Lipinski definition) is 1. The van der Waals surface area contributed by atoms with Crippen molar-refractivity contribution in [1.82, 2.24) is 9.88 Å². The topological polar surface area (TPSA) is 43.3 Å². The van der Waals surface area contributed by atoms with E-state index in [1.54, 1.807) is 17.7 Å². The molecule has 1 aromatic rings. The maximum absolute atomic E-state index is 11.2. The summed E-state index contributed by atoms with van der Waals surface area (Å²) in [7, 11) is 1.76. The molecule has 0 spiro atoms. The van der Waals surface area contributed by atoms with Gasteiger partial charge < -0.3 is 14.6 Å². The van der Waals surface area contributed by atoms with E-state index in [4.69, 9.17) is 4.74 Å². The van der Waals surface area contributed by atoms with E-state index in [0.29, 0.717) is 0 Å². The maximum Gasteiger partial charge on any atom is 0.250 e. The van der Waals surface area contributed by atoms with Crippen molar-refractivity contribution in [1.29, 1.82) is 0 Å². The van der Waals surface area contributed by atoms with Crippen LogP contribution in [0.3, 0.4) is 0 Å². The fourth-order valence-corrected chi connectivity index (χ4v) is 1.80. The van der Waals surface area contributed by atoms with E-state index in [1.165, 1.54) is 0 Å². The Kier molecular flexibility index (Phi) is 2.88. The van der Waals surface area contributed by atoms with Crippen LogP contribution in [0.2, 0.25) is 0 Å². The van der Waals surface area contributed by atoms with Crippen LogP contribution in [0, 0.1) is 0 Å². The van der Waals surface area contributed by atoms with Crippen LogP contribution in [0.25, 0.3) is 0 Å². The summed E-state index contributed by atoms with van der Waals surface area (Å²) in [6, 6.07) is 3.42. The maximum atomic E-state index is 11.2. The molecule has 1 aliphatic rings. The first-order valence-electron chi connectivity index (χ1n) is 5.19. The van der Waals surface area contributed by atoms with E-state index in [-0.39, 0.29) is 17.8 Å². The second-order valence-corrected chi connectivity index (χ2v) is 4.01. The summed E-state index contributed by atoms with van der Waals surface area (Å²) >= 11 is 0. The number of aromatic nitrogens is 1. The van der Waals surface area contributed by atoms with Crippen LogP contribution < -0.4 is 10.9 Å². The zero-order valence-electron chi connectivity index (χ0n) is 9.06. The summed E-state index contributed by atoms with van der Waals surface area (Å²) in [5, 5.41) is 3.30. The van der Waals surface area contributed by atoms with E-state index < -0.39 is 0 Å². The van der Waals surface area contributed by atoms with Gasteiger partial charge in [-0.1, -0.05) is 0 Å². The van der Waals surface area contributed by atoms with Gasteiger partial charge in [0.15, 0.2) is 0 Å². The average molecular weight is 208 g/mol. The van der Waals surface area contributed by atoms with Gasteiger partial charge in [-0.3, -0.25) is 4.79 Å². The molecule has 4 nitrogen and oxygen atoms in total. The molecule has 0 aliphatic carbocycles. The highest BCUT2D eigenvalue weighted by molar-refractivity contribution is 5.14. The number of aryl methyl sites for hydroxylation is 1. The Morgan fingerprint density at radius 3 is 2.93 bits per heavy atom. The Bertz CT molecular complexity index is 400. The normalized spacial score (nSPS) is 26.5. The number of ether oxygens (including phenoxy) is 1. The monoisotopic (exact) mass is 208 g/mol. The highest BCUT2D eigenvalue weighted by Gasteiger charge is 2.20. The molecule has 82 valence electrons. The van der Waals surface area contributed by atoms with E-state index >= 15 is 0 Å². The summed E-state index contributed by atoms with van der Waals surface area (Å²) in [4.78, 5) is 11.2. The molecule has 1 aromatic heterocycles. The van der Waals surface area contributed by atoms with Gasteiger partial charge in [0.25, 0.3) is 0 Å². The highest BCUT2D eigenvalue weighted by Crippen LogP contribution is 2.19. The van der Waals surface area contributed by atoms with Gasteiger partial charge in [0.05, 0.1) is 12.2 Å². The average Bonchev–Trinajstić information content (AvgIpc) is 2.22. The van der Waals surface area contributed by atoms with Crippen molar-refractivity contribution in [2.45, 2.75) is 19.1 Å². The number of hydrogen-bond acceptors (Lipinski definition) is 3. The quantitative estimate of drug-likeness (QED) is 0.728. The van der Waals surface area contributed by atoms with Crippen molar-refractivity contribution in [2.75, 3.05) is 13.1 Å². The van der Waals surface area contributed by atoms with Crippen molar-refractivity contribution < 1.29 is 4.74 Å². The molecule has 1 fully saturated rings. The molecular formula is C11H16N2O2. The molecular weight excluding hydrogens is 192 g/mol. The second kappa shape index (κ2) is 4.16. The third-order valence-corrected chi connectivity index (χ3v) is 2.64. The molecule has 1 N–H and O–H groups in total. The van der Waals surface area contributed by atoms with Gasteiger partial charge in [0, 0.05) is 32.4 Å². The summed E-state index contributed by atoms with van der Waals surface area (Å²) in [6.07, 6.45) is 2.12. The largest absolute Gasteiger partial charge is 0.368 e. The number of rotatable bonds is 1. The molecule has 0 saturated carbocycles. The SMILES string of the molecule is C[C@@H]1CNC[C@H](c2ccc(=O)n(C)c2)O1. The van der Waals surface area contributed by atoms with Crippen molar-refractivity contribution in [3.05, 3.63) is 34.2 Å². The van der Waals surface area contributed by atoms with Crippen LogP contribution in [0.5, 0.6) is 0 Å². The lowest BCUT2D eigenvalue weighted by molar-refractivity contribution is -0.0290. The minimum Gasteiger partial charge on any atom is -0.368 e. The fraction of sp³-hybridized carbons (Fsp3) is 0.545. The lowest BCUT2D eigenvalue weighted by atomic mass is 10.1. The number of nitrogens with zero attached hydrogens (tertiary/aromatic N) is 1. The second-order valence-electron chi connectivity index (χ2n) is 4.01. The highest BCUT2D eigenvalue weighted by atomic mass is 16.5. The van der Waals surface area contributed by atoms with Gasteiger partial charge in [0.2, 0.25) is 5.56 Å². The van der Waals surface area contributed by atoms with E-state index in [1.807, 2.05) is 19.2 Å². The molecule has 0 amide bonds. The van der Waals surface area contributed by atoms with Gasteiger partial charge in [-0.25, -0.2) is 0 Å². The summed E-state index contributed by atoms with van der Waals surface area (Å²) < 4.78 is 7.37. The zero-order chi connectivity index (χ0) is 10.8. The lowest BCUT2D eigenvalue weighted by Crippen LogP contribution is -2.39. The lowest BCUT2D eigenvalue weighted by Gasteiger charge is -2.29. The molecule has 15 heavy (non-hydrogen) atoms. The van der Waals surface area contributed by atoms with Gasteiger partial charge in [0.1, 0.15) is 0 Å². The van der Waals surface area contributed by atoms with Crippen LogP contribution in [-0.2, 0) is 11.8 Å². The van der Waals surface area contributed by atoms with E-state index in [0.717, 1.165) is 18.7 Å². The van der Waals surface area contributed by atoms with Gasteiger partial charge in [-0.15, -0.1) is 0 Å². The number of nitrogens with one attached hydrogen (secondary N) is 1. The summed E-state index contributed by atoms with van der Waals surface area (Å²) in [5.41, 5.74) is 1.06. The van der Waals surface area contributed by atoms with E-state index in [2.05, 4.69) is 5.32 Å². The smallest absolute Gasteiger partial charge is 0.250 e. The minimum absolute atomic E-state index is 0.00978. The predicted octanol–water partition coefficient (Wildman–Crippen LogP) is 0.435. The first-order chi connectivity index (χ1) is 7.16. The first-order valence-corrected chi connectivity index (χ1v) is 5.19. The fourth-order valence-electron chi connectivity index (χ4n) is 1.80. The number of pyridine rings is 1. The van der Waals surface area contributed by atoms with Crippen LogP contribution in [0.1, 0.15) is 18.6 Å². The third kappa shape index (κ3) is 2.27.